The normalized spacial score (nSPS) is 48.7. The zero-order chi connectivity index (χ0) is 22.7. The molecule has 0 N–H and O–H groups in total. The fourth-order valence-corrected chi connectivity index (χ4v) is 10.9. The summed E-state index contributed by atoms with van der Waals surface area (Å²) >= 11 is 0. The molecular weight excluding hydrogens is 410 g/mol. The lowest BCUT2D eigenvalue weighted by Gasteiger charge is -2.45. The van der Waals surface area contributed by atoms with E-state index in [0.717, 1.165) is 53.4 Å². The highest BCUT2D eigenvalue weighted by molar-refractivity contribution is 4.98. The first kappa shape index (κ1) is 24.3. The van der Waals surface area contributed by atoms with Gasteiger partial charge >= 0.3 is 0 Å². The highest BCUT2D eigenvalue weighted by Crippen LogP contribution is 2.54. The summed E-state index contributed by atoms with van der Waals surface area (Å²) in [4.78, 5) is 3.03. The van der Waals surface area contributed by atoms with Crippen LogP contribution in [0.2, 0.25) is 0 Å². The minimum absolute atomic E-state index is 0.970. The standard InChI is InChI=1S/C33H57N/c1-2-4-10-25-18-20-34(21-19-25)33-17-9-15-29-23-30(24-32(29)33)27-13-8-14-28(22-27)31-16-7-6-12-26(31)11-5-3-1/h25-33H,1-24H2. The molecule has 4 aliphatic carbocycles. The summed E-state index contributed by atoms with van der Waals surface area (Å²) in [7, 11) is 0. The van der Waals surface area contributed by atoms with Crippen molar-refractivity contribution in [1.82, 2.24) is 4.90 Å². The van der Waals surface area contributed by atoms with E-state index < -0.39 is 0 Å². The van der Waals surface area contributed by atoms with Gasteiger partial charge in [-0.05, 0) is 105 Å². The van der Waals surface area contributed by atoms with E-state index >= 15 is 0 Å². The molecule has 7 fully saturated rings. The van der Waals surface area contributed by atoms with Gasteiger partial charge in [-0.1, -0.05) is 96.3 Å². The molecule has 0 aromatic rings. The first-order valence-corrected chi connectivity index (χ1v) is 16.6. The number of nitrogens with zero attached hydrogens (tertiary/aromatic N) is 1. The van der Waals surface area contributed by atoms with Crippen molar-refractivity contribution >= 4 is 0 Å². The number of rotatable bonds is 0. The van der Waals surface area contributed by atoms with Crippen molar-refractivity contribution in [2.45, 2.75) is 147 Å². The summed E-state index contributed by atoms with van der Waals surface area (Å²) in [5, 5.41) is 0. The van der Waals surface area contributed by atoms with Crippen LogP contribution < -0.4 is 0 Å². The summed E-state index contributed by atoms with van der Waals surface area (Å²) in [6.07, 6.45) is 34.4. The lowest BCUT2D eigenvalue weighted by molar-refractivity contribution is 0.0482. The van der Waals surface area contributed by atoms with Crippen molar-refractivity contribution in [3.05, 3.63) is 0 Å². The second-order valence-electron chi connectivity index (χ2n) is 14.4. The molecule has 7 rings (SSSR count). The van der Waals surface area contributed by atoms with E-state index in [-0.39, 0.29) is 0 Å². The summed E-state index contributed by atoms with van der Waals surface area (Å²) < 4.78 is 0. The van der Waals surface area contributed by atoms with Gasteiger partial charge in [0.1, 0.15) is 0 Å². The van der Waals surface area contributed by atoms with Crippen LogP contribution in [-0.4, -0.2) is 24.0 Å². The van der Waals surface area contributed by atoms with Gasteiger partial charge in [0.05, 0.1) is 0 Å². The molecule has 194 valence electrons. The Balaban J connectivity index is 1.17. The molecule has 0 aromatic heterocycles. The van der Waals surface area contributed by atoms with E-state index in [4.69, 9.17) is 0 Å². The first-order valence-electron chi connectivity index (χ1n) is 16.6. The molecule has 1 heteroatoms. The van der Waals surface area contributed by atoms with E-state index in [1.165, 1.54) is 64.5 Å². The summed E-state index contributed by atoms with van der Waals surface area (Å²) in [6.45, 7) is 2.88. The highest BCUT2D eigenvalue weighted by atomic mass is 15.2. The average Bonchev–Trinajstić information content (AvgIpc) is 3.33. The maximum Gasteiger partial charge on any atom is 0.0126 e. The molecule has 1 nitrogen and oxygen atoms in total. The van der Waals surface area contributed by atoms with E-state index in [1.54, 1.807) is 89.9 Å². The third-order valence-corrected chi connectivity index (χ3v) is 12.7. The number of piperidine rings is 1. The molecule has 7 aliphatic rings. The van der Waals surface area contributed by atoms with Crippen LogP contribution in [0.4, 0.5) is 0 Å². The monoisotopic (exact) mass is 467 g/mol. The van der Waals surface area contributed by atoms with Crippen LogP contribution in [0.3, 0.4) is 0 Å². The SMILES string of the molecule is C1CCCC2CCN(CC2)C2CCCC3CC(CC32)C2CCCC(C2)C2CCCCC2CCC1. The Morgan fingerprint density at radius 2 is 0.941 bits per heavy atom. The Hall–Kier alpha value is -0.0400. The molecule has 3 aliphatic heterocycles. The topological polar surface area (TPSA) is 3.24 Å². The van der Waals surface area contributed by atoms with Gasteiger partial charge in [-0.25, -0.2) is 0 Å². The van der Waals surface area contributed by atoms with E-state index in [9.17, 15) is 0 Å². The van der Waals surface area contributed by atoms with Gasteiger partial charge in [0.25, 0.3) is 0 Å². The smallest absolute Gasteiger partial charge is 0.0126 e. The van der Waals surface area contributed by atoms with Crippen LogP contribution in [0, 0.1) is 47.3 Å². The summed E-state index contributed by atoms with van der Waals surface area (Å²) in [5.74, 6) is 8.74. The minimum Gasteiger partial charge on any atom is -0.300 e. The van der Waals surface area contributed by atoms with Crippen LogP contribution in [0.25, 0.3) is 0 Å². The Morgan fingerprint density at radius 1 is 0.353 bits per heavy atom. The van der Waals surface area contributed by atoms with E-state index in [2.05, 4.69) is 4.90 Å². The largest absolute Gasteiger partial charge is 0.300 e. The summed E-state index contributed by atoms with van der Waals surface area (Å²) in [6, 6.07) is 0.970. The van der Waals surface area contributed by atoms with Crippen LogP contribution >= 0.6 is 0 Å². The third kappa shape index (κ3) is 5.45. The first-order chi connectivity index (χ1) is 16.8. The molecule has 0 radical (unpaired) electrons. The highest BCUT2D eigenvalue weighted by Gasteiger charge is 2.46. The van der Waals surface area contributed by atoms with Crippen molar-refractivity contribution in [1.29, 1.82) is 0 Å². The Kier molecular flexibility index (Phi) is 8.27. The average molecular weight is 468 g/mol. The van der Waals surface area contributed by atoms with Crippen molar-refractivity contribution < 1.29 is 0 Å². The zero-order valence-corrected chi connectivity index (χ0v) is 22.6. The molecule has 34 heavy (non-hydrogen) atoms. The fraction of sp³-hybridized carbons (Fsp3) is 1.00. The van der Waals surface area contributed by atoms with Gasteiger partial charge in [0.15, 0.2) is 0 Å². The van der Waals surface area contributed by atoms with Gasteiger partial charge < -0.3 is 4.90 Å². The molecule has 0 amide bonds. The van der Waals surface area contributed by atoms with Crippen molar-refractivity contribution in [2.24, 2.45) is 47.3 Å². The maximum absolute atomic E-state index is 3.03. The van der Waals surface area contributed by atoms with Gasteiger partial charge in [0.2, 0.25) is 0 Å². The predicted molar refractivity (Wildman–Crippen MR) is 145 cm³/mol. The number of hydrogen-bond acceptors (Lipinski definition) is 1. The van der Waals surface area contributed by atoms with Crippen LogP contribution in [0.5, 0.6) is 0 Å². The van der Waals surface area contributed by atoms with Crippen molar-refractivity contribution in [3.63, 3.8) is 0 Å². The molecule has 8 atom stereocenters. The minimum atomic E-state index is 0.970. The van der Waals surface area contributed by atoms with Crippen molar-refractivity contribution in [2.75, 3.05) is 13.1 Å². The molecule has 0 spiro atoms. The predicted octanol–water partition coefficient (Wildman–Crippen LogP) is 9.25. The third-order valence-electron chi connectivity index (χ3n) is 12.7. The fourth-order valence-electron chi connectivity index (χ4n) is 10.9. The van der Waals surface area contributed by atoms with Crippen LogP contribution in [-0.2, 0) is 0 Å². The lowest BCUT2D eigenvalue weighted by atomic mass is 9.63. The van der Waals surface area contributed by atoms with Gasteiger partial charge in [0, 0.05) is 6.04 Å². The lowest BCUT2D eigenvalue weighted by Crippen LogP contribution is -2.47. The van der Waals surface area contributed by atoms with Gasteiger partial charge in [-0.3, -0.25) is 0 Å². The molecule has 0 aromatic carbocycles. The van der Waals surface area contributed by atoms with E-state index in [1.807, 2.05) is 0 Å². The Labute approximate surface area is 212 Å². The number of hydrogen-bond donors (Lipinski definition) is 0. The molecule has 6 bridgehead atoms. The van der Waals surface area contributed by atoms with Crippen LogP contribution in [0.1, 0.15) is 141 Å². The molecule has 4 saturated carbocycles. The second-order valence-corrected chi connectivity index (χ2v) is 14.4. The molecule has 8 unspecified atom stereocenters. The van der Waals surface area contributed by atoms with Crippen LogP contribution in [0.15, 0.2) is 0 Å². The Bertz CT molecular complexity index is 620. The molecular formula is C33H57N. The molecule has 3 heterocycles. The van der Waals surface area contributed by atoms with E-state index in [0.29, 0.717) is 0 Å². The zero-order valence-electron chi connectivity index (χ0n) is 22.6. The van der Waals surface area contributed by atoms with Gasteiger partial charge in [-0.2, -0.15) is 0 Å². The van der Waals surface area contributed by atoms with Gasteiger partial charge in [-0.15, -0.1) is 0 Å². The Morgan fingerprint density at radius 3 is 1.79 bits per heavy atom. The van der Waals surface area contributed by atoms with Crippen molar-refractivity contribution in [3.8, 4) is 0 Å². The summed E-state index contributed by atoms with van der Waals surface area (Å²) in [5.41, 5.74) is 0. The number of fused-ring (bicyclic) bond motifs is 8. The molecule has 3 saturated heterocycles. The maximum atomic E-state index is 3.03. The quantitative estimate of drug-likeness (QED) is 0.343. The second kappa shape index (κ2) is 11.6.